The Kier molecular flexibility index (Phi) is 10.3. The van der Waals surface area contributed by atoms with Gasteiger partial charge in [0.05, 0.1) is 31.9 Å². The molecule has 0 spiro atoms. The molecule has 0 aliphatic heterocycles. The van der Waals surface area contributed by atoms with Crippen molar-refractivity contribution >= 4 is 5.96 Å². The molecular weight excluding hydrogens is 404 g/mol. The number of nitrogens with one attached hydrogen (secondary N) is 2. The van der Waals surface area contributed by atoms with Crippen molar-refractivity contribution < 1.29 is 14.6 Å². The summed E-state index contributed by atoms with van der Waals surface area (Å²) in [5.74, 6) is 2.29. The molecule has 176 valence electrons. The van der Waals surface area contributed by atoms with E-state index in [2.05, 4.69) is 21.6 Å². The molecule has 0 aliphatic rings. The molecule has 7 nitrogen and oxygen atoms in total. The number of likely N-dealkylation sites (N-methyl/N-ethyl adjacent to an activating group) is 1. The van der Waals surface area contributed by atoms with Gasteiger partial charge in [0.1, 0.15) is 11.5 Å². The summed E-state index contributed by atoms with van der Waals surface area (Å²) in [6.07, 6.45) is -0.538. The third kappa shape index (κ3) is 8.05. The van der Waals surface area contributed by atoms with Gasteiger partial charge in [-0.1, -0.05) is 24.3 Å². The molecule has 0 heterocycles. The van der Waals surface area contributed by atoms with Crippen LogP contribution in [0, 0.1) is 0 Å². The Morgan fingerprint density at radius 2 is 1.75 bits per heavy atom. The summed E-state index contributed by atoms with van der Waals surface area (Å²) < 4.78 is 11.0. The first-order valence-corrected chi connectivity index (χ1v) is 11.1. The van der Waals surface area contributed by atoms with Crippen LogP contribution in [0.4, 0.5) is 0 Å². The Morgan fingerprint density at radius 1 is 1.03 bits per heavy atom. The Morgan fingerprint density at radius 3 is 2.34 bits per heavy atom. The molecule has 2 aromatic rings. The Bertz CT molecular complexity index is 837. The van der Waals surface area contributed by atoms with Crippen LogP contribution < -0.4 is 20.1 Å². The number of guanidine groups is 1. The van der Waals surface area contributed by atoms with Gasteiger partial charge < -0.3 is 30.1 Å². The van der Waals surface area contributed by atoms with E-state index >= 15 is 0 Å². The number of nitrogens with zero attached hydrogens (tertiary/aromatic N) is 2. The van der Waals surface area contributed by atoms with E-state index in [1.807, 2.05) is 77.3 Å². The monoisotopic (exact) mass is 442 g/mol. The summed E-state index contributed by atoms with van der Waals surface area (Å²) in [6, 6.07) is 15.7. The lowest BCUT2D eigenvalue weighted by molar-refractivity contribution is 0.180. The van der Waals surface area contributed by atoms with Gasteiger partial charge in [-0.25, -0.2) is 0 Å². The number of aliphatic hydroxyl groups excluding tert-OH is 1. The van der Waals surface area contributed by atoms with Crippen LogP contribution >= 0.6 is 0 Å². The molecule has 3 N–H and O–H groups in total. The predicted octanol–water partition coefficient (Wildman–Crippen LogP) is 3.37. The van der Waals surface area contributed by atoms with Crippen LogP contribution in [0.15, 0.2) is 53.5 Å². The molecular formula is C25H38N4O3. The molecule has 7 heteroatoms. The molecule has 0 saturated carbocycles. The van der Waals surface area contributed by atoms with Gasteiger partial charge in [0, 0.05) is 13.1 Å². The van der Waals surface area contributed by atoms with E-state index in [4.69, 9.17) is 14.5 Å². The van der Waals surface area contributed by atoms with Crippen molar-refractivity contribution in [1.29, 1.82) is 0 Å². The molecule has 0 bridgehead atoms. The molecule has 0 aromatic heterocycles. The van der Waals surface area contributed by atoms with Crippen molar-refractivity contribution in [2.45, 2.75) is 39.0 Å². The fourth-order valence-corrected chi connectivity index (χ4v) is 3.29. The van der Waals surface area contributed by atoms with E-state index in [1.165, 1.54) is 0 Å². The number of hydrogen-bond acceptors (Lipinski definition) is 5. The van der Waals surface area contributed by atoms with Crippen molar-refractivity contribution in [3.05, 3.63) is 59.7 Å². The van der Waals surface area contributed by atoms with Gasteiger partial charge in [0.15, 0.2) is 5.96 Å². The molecule has 0 amide bonds. The first-order chi connectivity index (χ1) is 15.3. The fraction of sp³-hybridized carbons (Fsp3) is 0.480. The highest BCUT2D eigenvalue weighted by molar-refractivity contribution is 5.79. The number of hydrogen-bond donors (Lipinski definition) is 3. The van der Waals surface area contributed by atoms with Crippen molar-refractivity contribution in [2.75, 3.05) is 40.8 Å². The van der Waals surface area contributed by atoms with Crippen molar-refractivity contribution in [1.82, 2.24) is 15.5 Å². The normalized spacial score (nSPS) is 13.7. The molecule has 32 heavy (non-hydrogen) atoms. The van der Waals surface area contributed by atoms with Crippen LogP contribution in [0.3, 0.4) is 0 Å². The summed E-state index contributed by atoms with van der Waals surface area (Å²) in [5, 5.41) is 17.1. The predicted molar refractivity (Wildman–Crippen MR) is 131 cm³/mol. The van der Waals surface area contributed by atoms with Crippen molar-refractivity contribution in [3.8, 4) is 11.5 Å². The molecule has 2 atom stereocenters. The molecule has 2 unspecified atom stereocenters. The SMILES string of the molecule is CCNC(=NCC(c1cccc(OC)c1)N(C)C)NCC(O)c1ccc(OC(C)C)cc1. The molecule has 2 aromatic carbocycles. The standard InChI is InChI=1S/C25H38N4O3/c1-7-26-25(27-16-23(29(4)5)20-9-8-10-22(15-20)31-6)28-17-24(30)19-11-13-21(14-12-19)32-18(2)3/h8-15,18,23-24,30H,7,16-17H2,1-6H3,(H2,26,27,28). The summed E-state index contributed by atoms with van der Waals surface area (Å²) in [4.78, 5) is 6.90. The molecule has 2 rings (SSSR count). The number of rotatable bonds is 11. The van der Waals surface area contributed by atoms with E-state index in [-0.39, 0.29) is 12.1 Å². The largest absolute Gasteiger partial charge is 0.497 e. The van der Waals surface area contributed by atoms with Gasteiger partial charge in [-0.05, 0) is 70.3 Å². The first-order valence-electron chi connectivity index (χ1n) is 11.1. The molecule has 0 saturated heterocycles. The summed E-state index contributed by atoms with van der Waals surface area (Å²) in [6.45, 7) is 7.64. The van der Waals surface area contributed by atoms with Crippen molar-refractivity contribution in [3.63, 3.8) is 0 Å². The minimum Gasteiger partial charge on any atom is -0.497 e. The van der Waals surface area contributed by atoms with Gasteiger partial charge in [0.2, 0.25) is 0 Å². The lowest BCUT2D eigenvalue weighted by Crippen LogP contribution is -2.40. The topological polar surface area (TPSA) is 78.4 Å². The van der Waals surface area contributed by atoms with Crippen LogP contribution in [0.25, 0.3) is 0 Å². The maximum atomic E-state index is 10.6. The highest BCUT2D eigenvalue weighted by Crippen LogP contribution is 2.23. The average Bonchev–Trinajstić information content (AvgIpc) is 2.77. The zero-order valence-corrected chi connectivity index (χ0v) is 20.1. The van der Waals surface area contributed by atoms with Gasteiger partial charge in [-0.3, -0.25) is 4.99 Å². The molecule has 0 radical (unpaired) electrons. The summed E-state index contributed by atoms with van der Waals surface area (Å²) in [7, 11) is 5.75. The maximum absolute atomic E-state index is 10.6. The zero-order valence-electron chi connectivity index (χ0n) is 20.1. The van der Waals surface area contributed by atoms with Crippen LogP contribution in [0.5, 0.6) is 11.5 Å². The third-order valence-electron chi connectivity index (χ3n) is 4.97. The zero-order chi connectivity index (χ0) is 23.5. The highest BCUT2D eigenvalue weighted by atomic mass is 16.5. The number of ether oxygens (including phenoxy) is 2. The molecule has 0 fully saturated rings. The van der Waals surface area contributed by atoms with Crippen LogP contribution in [-0.4, -0.2) is 62.9 Å². The number of aliphatic hydroxyl groups is 1. The smallest absolute Gasteiger partial charge is 0.191 e. The lowest BCUT2D eigenvalue weighted by atomic mass is 10.1. The third-order valence-corrected chi connectivity index (χ3v) is 4.97. The van der Waals surface area contributed by atoms with E-state index < -0.39 is 6.10 Å². The summed E-state index contributed by atoms with van der Waals surface area (Å²) >= 11 is 0. The number of methoxy groups -OCH3 is 1. The fourth-order valence-electron chi connectivity index (χ4n) is 3.29. The van der Waals surface area contributed by atoms with Gasteiger partial charge >= 0.3 is 0 Å². The Labute approximate surface area is 192 Å². The Hall–Kier alpha value is -2.77. The summed E-state index contributed by atoms with van der Waals surface area (Å²) in [5.41, 5.74) is 1.96. The minimum absolute atomic E-state index is 0.0963. The van der Waals surface area contributed by atoms with Gasteiger partial charge in [-0.15, -0.1) is 0 Å². The van der Waals surface area contributed by atoms with E-state index in [0.29, 0.717) is 19.0 Å². The van der Waals surface area contributed by atoms with Crippen LogP contribution in [0.1, 0.15) is 44.0 Å². The number of benzene rings is 2. The lowest BCUT2D eigenvalue weighted by Gasteiger charge is -2.24. The van der Waals surface area contributed by atoms with Crippen molar-refractivity contribution in [2.24, 2.45) is 4.99 Å². The number of aliphatic imine (C=N–C) groups is 1. The second-order valence-corrected chi connectivity index (χ2v) is 8.11. The quantitative estimate of drug-likeness (QED) is 0.366. The second kappa shape index (κ2) is 12.9. The average molecular weight is 443 g/mol. The van der Waals surface area contributed by atoms with E-state index in [1.54, 1.807) is 7.11 Å². The first kappa shape index (κ1) is 25.5. The van der Waals surface area contributed by atoms with Gasteiger partial charge in [-0.2, -0.15) is 0 Å². The maximum Gasteiger partial charge on any atom is 0.191 e. The molecule has 0 aliphatic carbocycles. The van der Waals surface area contributed by atoms with E-state index in [9.17, 15) is 5.11 Å². The minimum atomic E-state index is -0.657. The Balaban J connectivity index is 2.03. The second-order valence-electron chi connectivity index (χ2n) is 8.11. The van der Waals surface area contributed by atoms with Crippen LogP contribution in [0.2, 0.25) is 0 Å². The van der Waals surface area contributed by atoms with Crippen LogP contribution in [-0.2, 0) is 0 Å². The van der Waals surface area contributed by atoms with E-state index in [0.717, 1.165) is 29.2 Å². The highest BCUT2D eigenvalue weighted by Gasteiger charge is 2.15. The van der Waals surface area contributed by atoms with Gasteiger partial charge in [0.25, 0.3) is 0 Å².